The first-order chi connectivity index (χ1) is 10.1. The van der Waals surface area contributed by atoms with E-state index >= 15 is 0 Å². The Kier molecular flexibility index (Phi) is 3.66. The van der Waals surface area contributed by atoms with Crippen LogP contribution < -0.4 is 14.8 Å². The highest BCUT2D eigenvalue weighted by atomic mass is 35.5. The Morgan fingerprint density at radius 2 is 2.00 bits per heavy atom. The van der Waals surface area contributed by atoms with Gasteiger partial charge in [0, 0.05) is 5.69 Å². The molecule has 4 nitrogen and oxygen atoms in total. The van der Waals surface area contributed by atoms with Gasteiger partial charge in [-0.25, -0.2) is 4.39 Å². The largest absolute Gasteiger partial charge is 0.454 e. The Morgan fingerprint density at radius 1 is 1.19 bits per heavy atom. The zero-order valence-corrected chi connectivity index (χ0v) is 11.6. The third kappa shape index (κ3) is 3.08. The predicted octanol–water partition coefficient (Wildman–Crippen LogP) is 3.39. The highest BCUT2D eigenvalue weighted by Gasteiger charge is 2.14. The van der Waals surface area contributed by atoms with E-state index in [2.05, 4.69) is 5.32 Å². The zero-order valence-electron chi connectivity index (χ0n) is 10.9. The van der Waals surface area contributed by atoms with Crippen molar-refractivity contribution in [1.29, 1.82) is 0 Å². The lowest BCUT2D eigenvalue weighted by molar-refractivity contribution is -0.115. The molecule has 108 valence electrons. The number of nitrogens with one attached hydrogen (secondary N) is 1. The maximum Gasteiger partial charge on any atom is 0.231 e. The van der Waals surface area contributed by atoms with Gasteiger partial charge in [0.15, 0.2) is 11.5 Å². The SMILES string of the molecule is O=C(Cc1ccc2c(c1)OCO2)Nc1ccc(F)c(Cl)c1. The zero-order chi connectivity index (χ0) is 14.8. The molecular weight excluding hydrogens is 297 g/mol. The molecule has 1 aliphatic heterocycles. The molecule has 0 radical (unpaired) electrons. The Labute approximate surface area is 125 Å². The van der Waals surface area contributed by atoms with Crippen molar-refractivity contribution < 1.29 is 18.7 Å². The molecule has 0 unspecified atom stereocenters. The number of hydrogen-bond donors (Lipinski definition) is 1. The van der Waals surface area contributed by atoms with Crippen LogP contribution in [-0.2, 0) is 11.2 Å². The number of hydrogen-bond acceptors (Lipinski definition) is 3. The lowest BCUT2D eigenvalue weighted by Gasteiger charge is -2.06. The molecule has 0 bridgehead atoms. The van der Waals surface area contributed by atoms with E-state index in [4.69, 9.17) is 21.1 Å². The van der Waals surface area contributed by atoms with Gasteiger partial charge in [-0.2, -0.15) is 0 Å². The van der Waals surface area contributed by atoms with Gasteiger partial charge in [0.2, 0.25) is 12.7 Å². The van der Waals surface area contributed by atoms with Crippen LogP contribution in [0, 0.1) is 5.82 Å². The van der Waals surface area contributed by atoms with Gasteiger partial charge in [-0.1, -0.05) is 17.7 Å². The summed E-state index contributed by atoms with van der Waals surface area (Å²) in [5, 5.41) is 2.63. The molecule has 0 aliphatic carbocycles. The Balaban J connectivity index is 1.67. The number of rotatable bonds is 3. The number of fused-ring (bicyclic) bond motifs is 1. The summed E-state index contributed by atoms with van der Waals surface area (Å²) >= 11 is 5.66. The number of benzene rings is 2. The maximum atomic E-state index is 13.0. The van der Waals surface area contributed by atoms with Crippen molar-refractivity contribution in [2.24, 2.45) is 0 Å². The molecule has 3 rings (SSSR count). The fourth-order valence-corrected chi connectivity index (χ4v) is 2.20. The van der Waals surface area contributed by atoms with Gasteiger partial charge < -0.3 is 14.8 Å². The summed E-state index contributed by atoms with van der Waals surface area (Å²) in [4.78, 5) is 12.0. The first-order valence-corrected chi connectivity index (χ1v) is 6.63. The van der Waals surface area contributed by atoms with E-state index in [0.29, 0.717) is 17.2 Å². The fraction of sp³-hybridized carbons (Fsp3) is 0.133. The lowest BCUT2D eigenvalue weighted by Crippen LogP contribution is -2.14. The molecule has 0 saturated heterocycles. The molecule has 1 amide bonds. The number of ether oxygens (including phenoxy) is 2. The van der Waals surface area contributed by atoms with Gasteiger partial charge in [0.25, 0.3) is 0 Å². The van der Waals surface area contributed by atoms with Crippen LogP contribution in [0.2, 0.25) is 5.02 Å². The average Bonchev–Trinajstić information content (AvgIpc) is 2.90. The molecule has 0 spiro atoms. The van der Waals surface area contributed by atoms with E-state index in [0.717, 1.165) is 5.56 Å². The molecule has 1 aliphatic rings. The summed E-state index contributed by atoms with van der Waals surface area (Å²) in [5.74, 6) is 0.552. The minimum absolute atomic E-state index is 0.0316. The number of carbonyl (C=O) groups is 1. The maximum absolute atomic E-state index is 13.0. The van der Waals surface area contributed by atoms with Crippen molar-refractivity contribution in [3.8, 4) is 11.5 Å². The number of carbonyl (C=O) groups excluding carboxylic acids is 1. The van der Waals surface area contributed by atoms with Crippen LogP contribution in [0.5, 0.6) is 11.5 Å². The summed E-state index contributed by atoms with van der Waals surface area (Å²) < 4.78 is 23.5. The molecule has 21 heavy (non-hydrogen) atoms. The minimum Gasteiger partial charge on any atom is -0.454 e. The van der Waals surface area contributed by atoms with Crippen LogP contribution in [0.1, 0.15) is 5.56 Å². The van der Waals surface area contributed by atoms with E-state index in [-0.39, 0.29) is 24.1 Å². The van der Waals surface area contributed by atoms with Crippen LogP contribution in [0.15, 0.2) is 36.4 Å². The van der Waals surface area contributed by atoms with Crippen LogP contribution in [0.4, 0.5) is 10.1 Å². The fourth-order valence-electron chi connectivity index (χ4n) is 2.02. The summed E-state index contributed by atoms with van der Waals surface area (Å²) in [6.07, 6.45) is 0.172. The van der Waals surface area contributed by atoms with E-state index in [1.54, 1.807) is 18.2 Å². The molecule has 6 heteroatoms. The lowest BCUT2D eigenvalue weighted by atomic mass is 10.1. The predicted molar refractivity (Wildman–Crippen MR) is 76.3 cm³/mol. The second-order valence-corrected chi connectivity index (χ2v) is 4.95. The summed E-state index contributed by atoms with van der Waals surface area (Å²) in [7, 11) is 0. The highest BCUT2D eigenvalue weighted by molar-refractivity contribution is 6.31. The molecular formula is C15H11ClFNO3. The quantitative estimate of drug-likeness (QED) is 0.945. The second-order valence-electron chi connectivity index (χ2n) is 4.54. The molecule has 0 saturated carbocycles. The first-order valence-electron chi connectivity index (χ1n) is 6.25. The van der Waals surface area contributed by atoms with Gasteiger partial charge in [-0.05, 0) is 35.9 Å². The molecule has 1 heterocycles. The van der Waals surface area contributed by atoms with Crippen molar-refractivity contribution >= 4 is 23.2 Å². The molecule has 0 fully saturated rings. The Bertz CT molecular complexity index is 705. The molecule has 2 aromatic carbocycles. The highest BCUT2D eigenvalue weighted by Crippen LogP contribution is 2.32. The first kappa shape index (κ1) is 13.7. The van der Waals surface area contributed by atoms with Gasteiger partial charge in [-0.3, -0.25) is 4.79 Å². The smallest absolute Gasteiger partial charge is 0.231 e. The van der Waals surface area contributed by atoms with Gasteiger partial charge >= 0.3 is 0 Å². The Hall–Kier alpha value is -2.27. The van der Waals surface area contributed by atoms with Crippen molar-refractivity contribution in [3.63, 3.8) is 0 Å². The van der Waals surface area contributed by atoms with Crippen LogP contribution in [0.3, 0.4) is 0 Å². The summed E-state index contributed by atoms with van der Waals surface area (Å²) in [6.45, 7) is 0.194. The van der Waals surface area contributed by atoms with E-state index in [1.807, 2.05) is 0 Å². The number of halogens is 2. The van der Waals surface area contributed by atoms with Crippen LogP contribution in [0.25, 0.3) is 0 Å². The monoisotopic (exact) mass is 307 g/mol. The topological polar surface area (TPSA) is 47.6 Å². The summed E-state index contributed by atoms with van der Waals surface area (Å²) in [6, 6.07) is 9.36. The standard InChI is InChI=1S/C15H11ClFNO3/c16-11-7-10(2-3-12(11)17)18-15(19)6-9-1-4-13-14(5-9)21-8-20-13/h1-5,7H,6,8H2,(H,18,19). The molecule has 0 atom stereocenters. The van der Waals surface area contributed by atoms with Gasteiger partial charge in [0.05, 0.1) is 11.4 Å². The number of anilines is 1. The second kappa shape index (κ2) is 5.61. The molecule has 2 aromatic rings. The van der Waals surface area contributed by atoms with E-state index in [1.165, 1.54) is 18.2 Å². The van der Waals surface area contributed by atoms with Crippen LogP contribution >= 0.6 is 11.6 Å². The molecule has 1 N–H and O–H groups in total. The van der Waals surface area contributed by atoms with Gasteiger partial charge in [-0.15, -0.1) is 0 Å². The summed E-state index contributed by atoms with van der Waals surface area (Å²) in [5.41, 5.74) is 1.25. The van der Waals surface area contributed by atoms with E-state index < -0.39 is 5.82 Å². The van der Waals surface area contributed by atoms with Gasteiger partial charge in [0.1, 0.15) is 5.82 Å². The van der Waals surface area contributed by atoms with Crippen molar-refractivity contribution in [1.82, 2.24) is 0 Å². The number of amides is 1. The third-order valence-corrected chi connectivity index (χ3v) is 3.29. The van der Waals surface area contributed by atoms with Crippen molar-refractivity contribution in [2.75, 3.05) is 12.1 Å². The minimum atomic E-state index is -0.523. The van der Waals surface area contributed by atoms with Crippen LogP contribution in [-0.4, -0.2) is 12.7 Å². The third-order valence-electron chi connectivity index (χ3n) is 3.01. The van der Waals surface area contributed by atoms with E-state index in [9.17, 15) is 9.18 Å². The van der Waals surface area contributed by atoms with Crippen molar-refractivity contribution in [3.05, 3.63) is 52.8 Å². The Morgan fingerprint density at radius 3 is 2.81 bits per heavy atom. The normalized spacial score (nSPS) is 12.3. The van der Waals surface area contributed by atoms with Crippen molar-refractivity contribution in [2.45, 2.75) is 6.42 Å². The molecule has 0 aromatic heterocycles. The average molecular weight is 308 g/mol.